The summed E-state index contributed by atoms with van der Waals surface area (Å²) >= 11 is 0. The van der Waals surface area contributed by atoms with Crippen molar-refractivity contribution in [3.63, 3.8) is 0 Å². The van der Waals surface area contributed by atoms with Gasteiger partial charge >= 0.3 is 0 Å². The van der Waals surface area contributed by atoms with Gasteiger partial charge in [0.05, 0.1) is 0 Å². The zero-order chi connectivity index (χ0) is 14.7. The van der Waals surface area contributed by atoms with E-state index in [-0.39, 0.29) is 18.5 Å². The van der Waals surface area contributed by atoms with E-state index >= 15 is 0 Å². The van der Waals surface area contributed by atoms with Gasteiger partial charge in [0.1, 0.15) is 5.82 Å². The van der Waals surface area contributed by atoms with E-state index in [4.69, 9.17) is 9.47 Å². The minimum absolute atomic E-state index is 0.181. The third-order valence-electron chi connectivity index (χ3n) is 3.22. The molecule has 0 saturated heterocycles. The monoisotopic (exact) mass is 287 g/mol. The molecule has 0 aliphatic carbocycles. The maximum Gasteiger partial charge on any atom is 0.251 e. The van der Waals surface area contributed by atoms with Crippen molar-refractivity contribution >= 4 is 5.91 Å². The number of nitrogens with one attached hydrogen (secondary N) is 1. The summed E-state index contributed by atoms with van der Waals surface area (Å²) in [6, 6.07) is 11.4. The Morgan fingerprint density at radius 1 is 1.14 bits per heavy atom. The van der Waals surface area contributed by atoms with Gasteiger partial charge < -0.3 is 14.8 Å². The fraction of sp³-hybridized carbons (Fsp3) is 0.188. The molecule has 3 rings (SSSR count). The third-order valence-corrected chi connectivity index (χ3v) is 3.22. The molecule has 2 aromatic carbocycles. The molecule has 5 heteroatoms. The first-order chi connectivity index (χ1) is 10.2. The minimum atomic E-state index is -0.269. The molecule has 0 bridgehead atoms. The molecule has 0 radical (unpaired) electrons. The van der Waals surface area contributed by atoms with Crippen molar-refractivity contribution in [2.24, 2.45) is 0 Å². The second-order valence-electron chi connectivity index (χ2n) is 4.70. The number of rotatable bonds is 4. The van der Waals surface area contributed by atoms with E-state index in [0.29, 0.717) is 30.0 Å². The van der Waals surface area contributed by atoms with E-state index in [1.807, 2.05) is 6.07 Å². The molecular weight excluding hydrogens is 273 g/mol. The number of benzene rings is 2. The lowest BCUT2D eigenvalue weighted by molar-refractivity contribution is 0.0953. The van der Waals surface area contributed by atoms with Crippen molar-refractivity contribution in [3.05, 3.63) is 59.4 Å². The van der Waals surface area contributed by atoms with Crippen LogP contribution in [0.2, 0.25) is 0 Å². The number of ether oxygens (including phenoxy) is 2. The molecule has 0 saturated carbocycles. The van der Waals surface area contributed by atoms with Crippen molar-refractivity contribution in [2.75, 3.05) is 13.3 Å². The number of amides is 1. The van der Waals surface area contributed by atoms with Crippen LogP contribution in [-0.2, 0) is 6.42 Å². The van der Waals surface area contributed by atoms with Crippen LogP contribution >= 0.6 is 0 Å². The van der Waals surface area contributed by atoms with Crippen LogP contribution in [0, 0.1) is 5.82 Å². The van der Waals surface area contributed by atoms with Crippen LogP contribution in [0.4, 0.5) is 4.39 Å². The lowest BCUT2D eigenvalue weighted by Gasteiger charge is -2.06. The van der Waals surface area contributed by atoms with Gasteiger partial charge in [0.25, 0.3) is 5.91 Å². The highest BCUT2D eigenvalue weighted by atomic mass is 19.1. The van der Waals surface area contributed by atoms with Gasteiger partial charge in [-0.2, -0.15) is 0 Å². The Morgan fingerprint density at radius 2 is 2.00 bits per heavy atom. The van der Waals surface area contributed by atoms with Gasteiger partial charge in [0.15, 0.2) is 11.5 Å². The summed E-state index contributed by atoms with van der Waals surface area (Å²) < 4.78 is 23.5. The van der Waals surface area contributed by atoms with Crippen LogP contribution in [-0.4, -0.2) is 19.2 Å². The van der Waals surface area contributed by atoms with E-state index in [0.717, 1.165) is 5.56 Å². The lowest BCUT2D eigenvalue weighted by Crippen LogP contribution is -2.25. The van der Waals surface area contributed by atoms with Crippen molar-refractivity contribution in [1.82, 2.24) is 5.32 Å². The maximum atomic E-state index is 13.0. The van der Waals surface area contributed by atoms with Gasteiger partial charge in [-0.3, -0.25) is 4.79 Å². The normalized spacial score (nSPS) is 12.2. The highest BCUT2D eigenvalue weighted by Gasteiger charge is 2.15. The first-order valence-electron chi connectivity index (χ1n) is 6.65. The fourth-order valence-corrected chi connectivity index (χ4v) is 2.15. The zero-order valence-electron chi connectivity index (χ0n) is 11.3. The Bertz CT molecular complexity index is 672. The molecule has 2 aromatic rings. The van der Waals surface area contributed by atoms with Crippen LogP contribution in [0.1, 0.15) is 15.9 Å². The summed E-state index contributed by atoms with van der Waals surface area (Å²) in [6.07, 6.45) is 0.577. The molecule has 1 aliphatic rings. The number of halogens is 1. The van der Waals surface area contributed by atoms with E-state index in [9.17, 15) is 9.18 Å². The van der Waals surface area contributed by atoms with E-state index in [2.05, 4.69) is 5.32 Å². The van der Waals surface area contributed by atoms with Crippen molar-refractivity contribution < 1.29 is 18.7 Å². The smallest absolute Gasteiger partial charge is 0.251 e. The quantitative estimate of drug-likeness (QED) is 0.940. The largest absolute Gasteiger partial charge is 0.454 e. The maximum absolute atomic E-state index is 13.0. The highest BCUT2D eigenvalue weighted by molar-refractivity contribution is 5.94. The molecule has 0 fully saturated rings. The summed E-state index contributed by atoms with van der Waals surface area (Å²) in [6.45, 7) is 0.622. The zero-order valence-corrected chi connectivity index (χ0v) is 11.3. The number of fused-ring (bicyclic) bond motifs is 1. The average molecular weight is 287 g/mol. The number of carbonyl (C=O) groups excluding carboxylic acids is 1. The summed E-state index contributed by atoms with van der Waals surface area (Å²) in [5, 5.41) is 2.80. The number of hydrogen-bond donors (Lipinski definition) is 1. The fourth-order valence-electron chi connectivity index (χ4n) is 2.15. The molecule has 108 valence electrons. The molecule has 4 nitrogen and oxygen atoms in total. The van der Waals surface area contributed by atoms with Gasteiger partial charge in [-0.05, 0) is 42.3 Å². The first kappa shape index (κ1) is 13.4. The Kier molecular flexibility index (Phi) is 3.73. The molecule has 1 N–H and O–H groups in total. The van der Waals surface area contributed by atoms with Crippen LogP contribution in [0.25, 0.3) is 0 Å². The molecule has 1 aliphatic heterocycles. The van der Waals surface area contributed by atoms with Crippen molar-refractivity contribution in [2.45, 2.75) is 6.42 Å². The van der Waals surface area contributed by atoms with E-state index in [1.54, 1.807) is 24.3 Å². The van der Waals surface area contributed by atoms with Crippen molar-refractivity contribution in [3.8, 4) is 11.5 Å². The molecule has 0 spiro atoms. The number of carbonyl (C=O) groups is 1. The van der Waals surface area contributed by atoms with Crippen LogP contribution in [0.15, 0.2) is 42.5 Å². The van der Waals surface area contributed by atoms with Gasteiger partial charge in [-0.15, -0.1) is 0 Å². The SMILES string of the molecule is O=C(NCCc1cccc(F)c1)c1ccc2c(c1)OCO2. The predicted molar refractivity (Wildman–Crippen MR) is 75.0 cm³/mol. The Labute approximate surface area is 121 Å². The van der Waals surface area contributed by atoms with Crippen molar-refractivity contribution in [1.29, 1.82) is 0 Å². The van der Waals surface area contributed by atoms with Crippen LogP contribution in [0.5, 0.6) is 11.5 Å². The molecule has 0 aromatic heterocycles. The minimum Gasteiger partial charge on any atom is -0.454 e. The van der Waals surface area contributed by atoms with E-state index < -0.39 is 0 Å². The molecule has 0 atom stereocenters. The Morgan fingerprint density at radius 3 is 2.86 bits per heavy atom. The van der Waals surface area contributed by atoms with Gasteiger partial charge in [0.2, 0.25) is 6.79 Å². The topological polar surface area (TPSA) is 47.6 Å². The Balaban J connectivity index is 1.57. The average Bonchev–Trinajstić information content (AvgIpc) is 2.94. The van der Waals surface area contributed by atoms with Gasteiger partial charge in [0, 0.05) is 12.1 Å². The second-order valence-corrected chi connectivity index (χ2v) is 4.70. The summed E-state index contributed by atoms with van der Waals surface area (Å²) in [4.78, 5) is 12.0. The lowest BCUT2D eigenvalue weighted by atomic mass is 10.1. The van der Waals surface area contributed by atoms with Gasteiger partial charge in [-0.1, -0.05) is 12.1 Å². The molecular formula is C16H14FNO3. The van der Waals surface area contributed by atoms with E-state index in [1.165, 1.54) is 12.1 Å². The molecule has 0 unspecified atom stereocenters. The first-order valence-corrected chi connectivity index (χ1v) is 6.65. The number of hydrogen-bond acceptors (Lipinski definition) is 3. The standard InChI is InChI=1S/C16H14FNO3/c17-13-3-1-2-11(8-13)6-7-18-16(19)12-4-5-14-15(9-12)21-10-20-14/h1-5,8-9H,6-7,10H2,(H,18,19). The highest BCUT2D eigenvalue weighted by Crippen LogP contribution is 2.32. The molecule has 1 amide bonds. The Hall–Kier alpha value is -2.56. The molecule has 1 heterocycles. The predicted octanol–water partition coefficient (Wildman–Crippen LogP) is 2.53. The van der Waals surface area contributed by atoms with Crippen LogP contribution < -0.4 is 14.8 Å². The summed E-state index contributed by atoms with van der Waals surface area (Å²) in [5.74, 6) is 0.762. The third kappa shape index (κ3) is 3.13. The molecule has 21 heavy (non-hydrogen) atoms. The van der Waals surface area contributed by atoms with Crippen LogP contribution in [0.3, 0.4) is 0 Å². The van der Waals surface area contributed by atoms with Gasteiger partial charge in [-0.25, -0.2) is 4.39 Å². The summed E-state index contributed by atoms with van der Waals surface area (Å²) in [5.41, 5.74) is 1.36. The summed E-state index contributed by atoms with van der Waals surface area (Å²) in [7, 11) is 0. The second kappa shape index (κ2) is 5.83.